The molecule has 0 saturated carbocycles. The van der Waals surface area contributed by atoms with Crippen molar-refractivity contribution in [3.8, 4) is 28.6 Å². The van der Waals surface area contributed by atoms with Crippen LogP contribution in [0.25, 0.3) is 22.3 Å². The summed E-state index contributed by atoms with van der Waals surface area (Å²) in [5.41, 5.74) is 1.38. The number of benzene rings is 3. The molecule has 0 radical (unpaired) electrons. The molecule has 3 aromatic carbocycles. The minimum absolute atomic E-state index is 0.257. The predicted molar refractivity (Wildman–Crippen MR) is 134 cm³/mol. The molecule has 0 unspecified atom stereocenters. The molecule has 0 amide bonds. The van der Waals surface area contributed by atoms with Gasteiger partial charge in [-0.2, -0.15) is 9.78 Å². The second-order valence-electron chi connectivity index (χ2n) is 8.65. The van der Waals surface area contributed by atoms with Crippen LogP contribution < -0.4 is 19.8 Å². The van der Waals surface area contributed by atoms with E-state index in [2.05, 4.69) is 5.10 Å². The fourth-order valence-electron chi connectivity index (χ4n) is 3.51. The Labute approximate surface area is 198 Å². The normalized spacial score (nSPS) is 11.7. The molecule has 0 aliphatic rings. The molecule has 0 spiro atoms. The Morgan fingerprint density at radius 3 is 2.15 bits per heavy atom. The third-order valence-corrected chi connectivity index (χ3v) is 5.00. The van der Waals surface area contributed by atoms with E-state index >= 15 is 0 Å². The molecule has 1 aromatic heterocycles. The molecule has 0 bridgehead atoms. The molecule has 7 nitrogen and oxygen atoms in total. The fourth-order valence-corrected chi connectivity index (χ4v) is 3.51. The summed E-state index contributed by atoms with van der Waals surface area (Å²) in [5, 5.41) is 5.01. The average molecular weight is 458 g/mol. The fraction of sp³-hybridized carbons (Fsp3) is 0.222. The zero-order chi connectivity index (χ0) is 24.3. The number of hydrogen-bond donors (Lipinski definition) is 0. The van der Waals surface area contributed by atoms with Crippen LogP contribution in [0.2, 0.25) is 0 Å². The van der Waals surface area contributed by atoms with Crippen molar-refractivity contribution in [3.63, 3.8) is 0 Å². The number of nitrogens with zero attached hydrogens (tertiary/aromatic N) is 3. The largest absolute Gasteiger partial charge is 0.493 e. The standard InChI is InChI=1S/C27H27N3O4/c1-27(2,3)34-24-22(32-4)15-18(16-23(24)33-5)17-28-30-25(19-11-7-6-8-12-19)29-21-14-10-9-13-20(21)26(30)31/h6-17H,1-5H3. The first kappa shape index (κ1) is 23.0. The van der Waals surface area contributed by atoms with Crippen LogP contribution in [0.5, 0.6) is 17.2 Å². The molecule has 7 heteroatoms. The summed E-state index contributed by atoms with van der Waals surface area (Å²) in [6.45, 7) is 5.85. The van der Waals surface area contributed by atoms with Crippen LogP contribution in [0.3, 0.4) is 0 Å². The Hall–Kier alpha value is -4.13. The zero-order valence-electron chi connectivity index (χ0n) is 19.9. The van der Waals surface area contributed by atoms with Crippen molar-refractivity contribution in [2.24, 2.45) is 5.10 Å². The highest BCUT2D eigenvalue weighted by atomic mass is 16.5. The number of methoxy groups -OCH3 is 2. The Kier molecular flexibility index (Phi) is 6.36. The molecule has 34 heavy (non-hydrogen) atoms. The number of hydrogen-bond acceptors (Lipinski definition) is 6. The SMILES string of the molecule is COc1cc(C=Nn2c(-c3ccccc3)nc3ccccc3c2=O)cc(OC)c1OC(C)(C)C. The molecule has 0 fully saturated rings. The molecule has 4 rings (SSSR count). The van der Waals surface area contributed by atoms with E-state index in [4.69, 9.17) is 19.2 Å². The van der Waals surface area contributed by atoms with Gasteiger partial charge in [0.1, 0.15) is 5.60 Å². The predicted octanol–water partition coefficient (Wildman–Crippen LogP) is 5.14. The first-order valence-corrected chi connectivity index (χ1v) is 10.9. The van der Waals surface area contributed by atoms with Crippen molar-refractivity contribution in [1.29, 1.82) is 0 Å². The van der Waals surface area contributed by atoms with Gasteiger partial charge in [0, 0.05) is 11.1 Å². The summed E-state index contributed by atoms with van der Waals surface area (Å²) in [6.07, 6.45) is 1.58. The van der Waals surface area contributed by atoms with Gasteiger partial charge in [0.05, 0.1) is 31.3 Å². The average Bonchev–Trinajstić information content (AvgIpc) is 2.83. The van der Waals surface area contributed by atoms with E-state index in [0.29, 0.717) is 39.5 Å². The molecule has 0 aliphatic heterocycles. The van der Waals surface area contributed by atoms with Gasteiger partial charge in [-0.25, -0.2) is 4.98 Å². The van der Waals surface area contributed by atoms with Gasteiger partial charge in [0.15, 0.2) is 17.3 Å². The minimum atomic E-state index is -0.440. The van der Waals surface area contributed by atoms with Gasteiger partial charge < -0.3 is 14.2 Å². The van der Waals surface area contributed by atoms with Gasteiger partial charge in [-0.1, -0.05) is 42.5 Å². The Bertz CT molecular complexity index is 1380. The summed E-state index contributed by atoms with van der Waals surface area (Å²) in [4.78, 5) is 18.1. The van der Waals surface area contributed by atoms with Gasteiger partial charge in [-0.3, -0.25) is 4.79 Å². The highest BCUT2D eigenvalue weighted by Gasteiger charge is 2.20. The van der Waals surface area contributed by atoms with E-state index < -0.39 is 5.60 Å². The van der Waals surface area contributed by atoms with Gasteiger partial charge in [0.2, 0.25) is 5.75 Å². The van der Waals surface area contributed by atoms with Crippen molar-refractivity contribution in [1.82, 2.24) is 9.66 Å². The lowest BCUT2D eigenvalue weighted by Gasteiger charge is -2.24. The Morgan fingerprint density at radius 2 is 1.53 bits per heavy atom. The lowest BCUT2D eigenvalue weighted by molar-refractivity contribution is 0.120. The maximum Gasteiger partial charge on any atom is 0.282 e. The van der Waals surface area contributed by atoms with Crippen molar-refractivity contribution in [3.05, 3.63) is 82.6 Å². The minimum Gasteiger partial charge on any atom is -0.493 e. The monoisotopic (exact) mass is 457 g/mol. The Balaban J connectivity index is 1.86. The van der Waals surface area contributed by atoms with Gasteiger partial charge >= 0.3 is 0 Å². The van der Waals surface area contributed by atoms with E-state index in [1.165, 1.54) is 4.68 Å². The van der Waals surface area contributed by atoms with Crippen molar-refractivity contribution in [2.45, 2.75) is 26.4 Å². The smallest absolute Gasteiger partial charge is 0.282 e. The van der Waals surface area contributed by atoms with E-state index in [9.17, 15) is 4.79 Å². The third-order valence-electron chi connectivity index (χ3n) is 5.00. The maximum absolute atomic E-state index is 13.3. The van der Waals surface area contributed by atoms with Crippen molar-refractivity contribution < 1.29 is 14.2 Å². The maximum atomic E-state index is 13.3. The second-order valence-corrected chi connectivity index (χ2v) is 8.65. The first-order valence-electron chi connectivity index (χ1n) is 10.9. The van der Waals surface area contributed by atoms with Gasteiger partial charge in [-0.05, 0) is 45.0 Å². The van der Waals surface area contributed by atoms with Gasteiger partial charge in [0.25, 0.3) is 5.56 Å². The molecule has 1 heterocycles. The third kappa shape index (κ3) is 4.78. The van der Waals surface area contributed by atoms with E-state index in [1.54, 1.807) is 38.6 Å². The number of para-hydroxylation sites is 1. The molecule has 0 atom stereocenters. The molecule has 174 valence electrons. The molecular weight excluding hydrogens is 430 g/mol. The van der Waals surface area contributed by atoms with Crippen LogP contribution in [0, 0.1) is 0 Å². The molecule has 0 aliphatic carbocycles. The van der Waals surface area contributed by atoms with Crippen molar-refractivity contribution >= 4 is 17.1 Å². The van der Waals surface area contributed by atoms with Crippen molar-refractivity contribution in [2.75, 3.05) is 14.2 Å². The lowest BCUT2D eigenvalue weighted by Crippen LogP contribution is -2.23. The molecule has 0 N–H and O–H groups in total. The summed E-state index contributed by atoms with van der Waals surface area (Å²) in [6, 6.07) is 20.3. The summed E-state index contributed by atoms with van der Waals surface area (Å²) in [7, 11) is 3.13. The van der Waals surface area contributed by atoms with Crippen LogP contribution in [0.4, 0.5) is 0 Å². The topological polar surface area (TPSA) is 74.9 Å². The number of ether oxygens (including phenoxy) is 3. The quantitative estimate of drug-likeness (QED) is 0.375. The van der Waals surface area contributed by atoms with Crippen LogP contribution in [-0.2, 0) is 0 Å². The highest BCUT2D eigenvalue weighted by Crippen LogP contribution is 2.40. The van der Waals surface area contributed by atoms with Crippen LogP contribution >= 0.6 is 0 Å². The summed E-state index contributed by atoms with van der Waals surface area (Å²) in [5.74, 6) is 1.96. The number of fused-ring (bicyclic) bond motifs is 1. The van der Waals surface area contributed by atoms with Gasteiger partial charge in [-0.15, -0.1) is 0 Å². The zero-order valence-corrected chi connectivity index (χ0v) is 19.9. The number of rotatable bonds is 6. The number of aromatic nitrogens is 2. The first-order chi connectivity index (χ1) is 16.3. The van der Waals surface area contributed by atoms with E-state index in [0.717, 1.165) is 5.56 Å². The van der Waals surface area contributed by atoms with E-state index in [-0.39, 0.29) is 5.56 Å². The lowest BCUT2D eigenvalue weighted by atomic mass is 10.1. The van der Waals surface area contributed by atoms with Crippen LogP contribution in [0.15, 0.2) is 76.6 Å². The molecule has 0 saturated heterocycles. The van der Waals surface area contributed by atoms with E-state index in [1.807, 2.05) is 69.3 Å². The van der Waals surface area contributed by atoms with Crippen LogP contribution in [0.1, 0.15) is 26.3 Å². The Morgan fingerprint density at radius 1 is 0.912 bits per heavy atom. The second kappa shape index (κ2) is 9.39. The highest BCUT2D eigenvalue weighted by molar-refractivity contribution is 5.83. The summed E-state index contributed by atoms with van der Waals surface area (Å²) < 4.78 is 18.5. The van der Waals surface area contributed by atoms with Crippen LogP contribution in [-0.4, -0.2) is 35.7 Å². The molecule has 4 aromatic rings. The summed E-state index contributed by atoms with van der Waals surface area (Å²) >= 11 is 0. The molecular formula is C27H27N3O4.